The van der Waals surface area contributed by atoms with Gasteiger partial charge < -0.3 is 31.9 Å². The van der Waals surface area contributed by atoms with E-state index in [1.54, 1.807) is 0 Å². The Morgan fingerprint density at radius 3 is 2.30 bits per heavy atom. The second kappa shape index (κ2) is 4.22. The summed E-state index contributed by atoms with van der Waals surface area (Å²) in [5.41, 5.74) is 6.50. The molecule has 20 heavy (non-hydrogen) atoms. The molecule has 0 fully saturated rings. The molecule has 1 aromatic rings. The molecule has 0 spiro atoms. The molecule has 1 aromatic carbocycles. The van der Waals surface area contributed by atoms with Crippen LogP contribution < -0.4 is 11.5 Å². The van der Waals surface area contributed by atoms with Crippen molar-refractivity contribution in [2.24, 2.45) is 11.5 Å². The summed E-state index contributed by atoms with van der Waals surface area (Å²) in [6.45, 7) is 0. The van der Waals surface area contributed by atoms with E-state index < -0.39 is 34.8 Å². The lowest BCUT2D eigenvalue weighted by molar-refractivity contribution is -0.146. The molecule has 8 nitrogen and oxygen atoms in total. The number of aliphatic hydroxyl groups excluding tert-OH is 1. The molecule has 8 N–H and O–H groups in total. The molecule has 0 heterocycles. The van der Waals surface area contributed by atoms with Crippen molar-refractivity contribution < 1.29 is 30.0 Å². The molecule has 0 bridgehead atoms. The standard InChI is InChI=1S/C12H12N2O6/c13-10(18)6-2-4-1-5(15)3-7(16)8(4)9(17)12(6,20)11(14)19/h1-3,9,15-17,20H,(H2,13,18)(H2,14,19). The molecule has 106 valence electrons. The van der Waals surface area contributed by atoms with Crippen molar-refractivity contribution in [2.45, 2.75) is 11.7 Å². The zero-order valence-corrected chi connectivity index (χ0v) is 10.1. The molecular formula is C12H12N2O6. The Kier molecular flexibility index (Phi) is 2.92. The number of fused-ring (bicyclic) bond motifs is 1. The number of hydrogen-bond donors (Lipinski definition) is 6. The second-order valence-corrected chi connectivity index (χ2v) is 4.42. The van der Waals surface area contributed by atoms with E-state index >= 15 is 0 Å². The van der Waals surface area contributed by atoms with Crippen molar-refractivity contribution in [1.29, 1.82) is 0 Å². The van der Waals surface area contributed by atoms with Crippen LogP contribution in [0.1, 0.15) is 17.2 Å². The van der Waals surface area contributed by atoms with Gasteiger partial charge in [-0.05, 0) is 17.7 Å². The number of aliphatic hydroxyl groups is 2. The Morgan fingerprint density at radius 2 is 1.80 bits per heavy atom. The van der Waals surface area contributed by atoms with Crippen molar-refractivity contribution in [2.75, 3.05) is 0 Å². The number of phenolic OH excluding ortho intramolecular Hbond substituents is 2. The molecule has 2 rings (SSSR count). The zero-order valence-electron chi connectivity index (χ0n) is 10.1. The van der Waals surface area contributed by atoms with Crippen molar-refractivity contribution in [3.05, 3.63) is 28.8 Å². The summed E-state index contributed by atoms with van der Waals surface area (Å²) >= 11 is 0. The minimum absolute atomic E-state index is 0.0368. The maximum atomic E-state index is 11.4. The first-order valence-electron chi connectivity index (χ1n) is 5.47. The lowest BCUT2D eigenvalue weighted by Crippen LogP contribution is -2.54. The molecule has 0 saturated carbocycles. The predicted molar refractivity (Wildman–Crippen MR) is 66.0 cm³/mol. The van der Waals surface area contributed by atoms with E-state index in [9.17, 15) is 30.0 Å². The average Bonchev–Trinajstić information content (AvgIpc) is 2.32. The Hall–Kier alpha value is -2.58. The number of carbonyl (C=O) groups is 2. The summed E-state index contributed by atoms with van der Waals surface area (Å²) in [6, 6.07) is 2.04. The molecule has 0 saturated heterocycles. The van der Waals surface area contributed by atoms with Gasteiger partial charge in [-0.15, -0.1) is 0 Å². The van der Waals surface area contributed by atoms with Crippen LogP contribution in [-0.2, 0) is 9.59 Å². The molecule has 0 aliphatic heterocycles. The molecule has 2 amide bonds. The van der Waals surface area contributed by atoms with Crippen molar-refractivity contribution in [1.82, 2.24) is 0 Å². The van der Waals surface area contributed by atoms with Crippen molar-refractivity contribution in [3.63, 3.8) is 0 Å². The van der Waals surface area contributed by atoms with Crippen LogP contribution in [0.2, 0.25) is 0 Å². The first kappa shape index (κ1) is 13.8. The Balaban J connectivity index is 2.82. The minimum atomic E-state index is -2.76. The summed E-state index contributed by atoms with van der Waals surface area (Å²) in [7, 11) is 0. The highest BCUT2D eigenvalue weighted by Crippen LogP contribution is 2.44. The van der Waals surface area contributed by atoms with Crippen LogP contribution in [-0.4, -0.2) is 37.8 Å². The van der Waals surface area contributed by atoms with Crippen molar-refractivity contribution in [3.8, 4) is 11.5 Å². The summed E-state index contributed by atoms with van der Waals surface area (Å²) in [6.07, 6.45) is -1.02. The van der Waals surface area contributed by atoms with E-state index in [0.29, 0.717) is 0 Å². The van der Waals surface area contributed by atoms with Crippen LogP contribution in [0.4, 0.5) is 0 Å². The SMILES string of the molecule is NC(=O)C1=Cc2cc(O)cc(O)c2C(O)C1(O)C(N)=O. The lowest BCUT2D eigenvalue weighted by atomic mass is 9.76. The van der Waals surface area contributed by atoms with E-state index in [-0.39, 0.29) is 16.9 Å². The highest BCUT2D eigenvalue weighted by atomic mass is 16.4. The Morgan fingerprint density at radius 1 is 1.20 bits per heavy atom. The number of rotatable bonds is 2. The fourth-order valence-corrected chi connectivity index (χ4v) is 2.21. The van der Waals surface area contributed by atoms with Gasteiger partial charge in [0.25, 0.3) is 5.91 Å². The van der Waals surface area contributed by atoms with Gasteiger partial charge in [0.15, 0.2) is 0 Å². The van der Waals surface area contributed by atoms with Gasteiger partial charge in [-0.1, -0.05) is 0 Å². The lowest BCUT2D eigenvalue weighted by Gasteiger charge is -2.35. The average molecular weight is 280 g/mol. The second-order valence-electron chi connectivity index (χ2n) is 4.42. The molecule has 1 aliphatic carbocycles. The Bertz CT molecular complexity index is 654. The molecule has 2 atom stereocenters. The summed E-state index contributed by atoms with van der Waals surface area (Å²) in [5, 5.41) is 39.4. The normalized spacial score (nSPS) is 24.7. The maximum absolute atomic E-state index is 11.4. The number of aromatic hydroxyl groups is 2. The molecule has 0 radical (unpaired) electrons. The van der Waals surface area contributed by atoms with Gasteiger partial charge in [-0.25, -0.2) is 0 Å². The van der Waals surface area contributed by atoms with Gasteiger partial charge in [0.05, 0.1) is 5.57 Å². The summed E-state index contributed by atoms with van der Waals surface area (Å²) in [4.78, 5) is 22.8. The first-order chi connectivity index (χ1) is 9.19. The third-order valence-electron chi connectivity index (χ3n) is 3.20. The van der Waals surface area contributed by atoms with Gasteiger partial charge in [-0.2, -0.15) is 0 Å². The van der Waals surface area contributed by atoms with Crippen LogP contribution >= 0.6 is 0 Å². The highest BCUT2D eigenvalue weighted by molar-refractivity contribution is 6.08. The van der Waals surface area contributed by atoms with Crippen LogP contribution in [0.15, 0.2) is 17.7 Å². The fraction of sp³-hybridized carbons (Fsp3) is 0.167. The van der Waals surface area contributed by atoms with E-state index in [2.05, 4.69) is 0 Å². The topological polar surface area (TPSA) is 167 Å². The largest absolute Gasteiger partial charge is 0.508 e. The van der Waals surface area contributed by atoms with E-state index in [4.69, 9.17) is 11.5 Å². The molecule has 1 aliphatic rings. The van der Waals surface area contributed by atoms with Crippen LogP contribution in [0, 0.1) is 0 Å². The molecule has 0 aromatic heterocycles. The molecular weight excluding hydrogens is 268 g/mol. The number of primary amides is 2. The number of hydrogen-bond acceptors (Lipinski definition) is 6. The summed E-state index contributed by atoms with van der Waals surface area (Å²) in [5.74, 6) is -3.46. The fourth-order valence-electron chi connectivity index (χ4n) is 2.21. The van der Waals surface area contributed by atoms with E-state index in [1.807, 2.05) is 0 Å². The summed E-state index contributed by atoms with van der Waals surface area (Å²) < 4.78 is 0. The van der Waals surface area contributed by atoms with Gasteiger partial charge in [0.1, 0.15) is 17.6 Å². The number of benzene rings is 1. The van der Waals surface area contributed by atoms with E-state index in [0.717, 1.165) is 18.2 Å². The third kappa shape index (κ3) is 1.70. The van der Waals surface area contributed by atoms with Gasteiger partial charge in [0, 0.05) is 11.6 Å². The van der Waals surface area contributed by atoms with Crippen LogP contribution in [0.5, 0.6) is 11.5 Å². The quantitative estimate of drug-likeness (QED) is 0.374. The molecule has 8 heteroatoms. The highest BCUT2D eigenvalue weighted by Gasteiger charge is 2.52. The minimum Gasteiger partial charge on any atom is -0.508 e. The number of phenols is 2. The third-order valence-corrected chi connectivity index (χ3v) is 3.20. The van der Waals surface area contributed by atoms with Crippen molar-refractivity contribution >= 4 is 17.9 Å². The van der Waals surface area contributed by atoms with Crippen LogP contribution in [0.3, 0.4) is 0 Å². The zero-order chi connectivity index (χ0) is 15.2. The number of nitrogens with two attached hydrogens (primary N) is 2. The smallest absolute Gasteiger partial charge is 0.257 e. The Labute approximate surface area is 112 Å². The van der Waals surface area contributed by atoms with Gasteiger partial charge >= 0.3 is 0 Å². The number of carbonyl (C=O) groups excluding carboxylic acids is 2. The maximum Gasteiger partial charge on any atom is 0.257 e. The number of amides is 2. The first-order valence-corrected chi connectivity index (χ1v) is 5.47. The van der Waals surface area contributed by atoms with E-state index in [1.165, 1.54) is 0 Å². The predicted octanol–water partition coefficient (Wildman–Crippen LogP) is -1.77. The molecule has 2 unspecified atom stereocenters. The van der Waals surface area contributed by atoms with Gasteiger partial charge in [-0.3, -0.25) is 9.59 Å². The van der Waals surface area contributed by atoms with Gasteiger partial charge in [0.2, 0.25) is 11.5 Å². The monoisotopic (exact) mass is 280 g/mol. The van der Waals surface area contributed by atoms with Crippen LogP contribution in [0.25, 0.3) is 6.08 Å².